The molecule has 1 aromatic heterocycles. The fraction of sp³-hybridized carbons (Fsp3) is 0.357. The summed E-state index contributed by atoms with van der Waals surface area (Å²) in [6.07, 6.45) is 0. The lowest BCUT2D eigenvalue weighted by Crippen LogP contribution is -2.48. The summed E-state index contributed by atoms with van der Waals surface area (Å²) in [4.78, 5) is 27.2. The molecule has 9 heteroatoms. The monoisotopic (exact) mass is 333 g/mol. The number of hydrogen-bond donors (Lipinski definition) is 0. The molecule has 0 aliphatic carbocycles. The lowest BCUT2D eigenvalue weighted by Gasteiger charge is -2.35. The van der Waals surface area contributed by atoms with Gasteiger partial charge >= 0.3 is 0 Å². The van der Waals surface area contributed by atoms with E-state index in [9.17, 15) is 14.9 Å². The van der Waals surface area contributed by atoms with Gasteiger partial charge in [0.05, 0.1) is 10.6 Å². The molecule has 0 atom stereocenters. The van der Waals surface area contributed by atoms with Gasteiger partial charge in [0.2, 0.25) is 0 Å². The highest BCUT2D eigenvalue weighted by Crippen LogP contribution is 2.21. The number of rotatable bonds is 3. The summed E-state index contributed by atoms with van der Waals surface area (Å²) < 4.78 is 3.80. The summed E-state index contributed by atoms with van der Waals surface area (Å²) in [5.41, 5.74) is 1.67. The first-order chi connectivity index (χ1) is 11.1. The second kappa shape index (κ2) is 6.29. The fourth-order valence-corrected chi connectivity index (χ4v) is 3.15. The number of nitro benzene ring substituents is 1. The molecule has 23 heavy (non-hydrogen) atoms. The third kappa shape index (κ3) is 3.14. The number of benzene rings is 1. The molecular weight excluding hydrogens is 318 g/mol. The number of non-ortho nitro benzene ring substituents is 1. The van der Waals surface area contributed by atoms with Gasteiger partial charge < -0.3 is 9.80 Å². The van der Waals surface area contributed by atoms with E-state index in [1.54, 1.807) is 24.0 Å². The summed E-state index contributed by atoms with van der Waals surface area (Å²) in [6, 6.07) is 6.48. The van der Waals surface area contributed by atoms with Gasteiger partial charge in [0, 0.05) is 44.0 Å². The minimum atomic E-state index is -0.411. The van der Waals surface area contributed by atoms with Gasteiger partial charge in [-0.3, -0.25) is 14.9 Å². The molecule has 0 spiro atoms. The largest absolute Gasteiger partial charge is 0.368 e. The van der Waals surface area contributed by atoms with Crippen molar-refractivity contribution in [3.63, 3.8) is 0 Å². The Bertz CT molecular complexity index is 722. The molecular formula is C14H15N5O3S. The number of anilines is 1. The number of nitrogens with zero attached hydrogens (tertiary/aromatic N) is 5. The van der Waals surface area contributed by atoms with Crippen LogP contribution in [0.3, 0.4) is 0 Å². The smallest absolute Gasteiger partial charge is 0.269 e. The maximum absolute atomic E-state index is 12.4. The molecule has 1 fully saturated rings. The van der Waals surface area contributed by atoms with E-state index in [1.807, 2.05) is 0 Å². The van der Waals surface area contributed by atoms with E-state index in [2.05, 4.69) is 14.5 Å². The van der Waals surface area contributed by atoms with E-state index in [0.717, 1.165) is 17.2 Å². The maximum atomic E-state index is 12.4. The molecule has 8 nitrogen and oxygen atoms in total. The van der Waals surface area contributed by atoms with Gasteiger partial charge in [0.15, 0.2) is 0 Å². The quantitative estimate of drug-likeness (QED) is 0.627. The lowest BCUT2D eigenvalue weighted by molar-refractivity contribution is -0.384. The van der Waals surface area contributed by atoms with E-state index < -0.39 is 4.92 Å². The molecule has 1 amide bonds. The third-order valence-corrected chi connectivity index (χ3v) is 4.65. The Morgan fingerprint density at radius 1 is 1.22 bits per heavy atom. The molecule has 3 rings (SSSR count). The topological polar surface area (TPSA) is 92.5 Å². The molecule has 1 saturated heterocycles. The minimum absolute atomic E-state index is 0.0270. The van der Waals surface area contributed by atoms with E-state index in [0.29, 0.717) is 36.8 Å². The van der Waals surface area contributed by atoms with Crippen molar-refractivity contribution in [2.45, 2.75) is 6.92 Å². The summed E-state index contributed by atoms with van der Waals surface area (Å²) in [6.45, 7) is 4.37. The highest BCUT2D eigenvalue weighted by Gasteiger charge is 2.25. The van der Waals surface area contributed by atoms with Crippen LogP contribution in [0.25, 0.3) is 0 Å². The van der Waals surface area contributed by atoms with Crippen molar-refractivity contribution in [1.29, 1.82) is 0 Å². The van der Waals surface area contributed by atoms with Gasteiger partial charge in [-0.25, -0.2) is 0 Å². The molecule has 1 aromatic carbocycles. The zero-order valence-corrected chi connectivity index (χ0v) is 13.3. The Labute approximate surface area is 136 Å². The highest BCUT2D eigenvalue weighted by atomic mass is 32.1. The average molecular weight is 333 g/mol. The summed E-state index contributed by atoms with van der Waals surface area (Å²) in [5, 5.41) is 14.6. The number of carbonyl (C=O) groups is 1. The average Bonchev–Trinajstić information content (AvgIpc) is 3.00. The first-order valence-corrected chi connectivity index (χ1v) is 7.91. The van der Waals surface area contributed by atoms with Crippen molar-refractivity contribution in [2.75, 3.05) is 31.1 Å². The van der Waals surface area contributed by atoms with Crippen molar-refractivity contribution in [1.82, 2.24) is 14.5 Å². The predicted octanol–water partition coefficient (Wildman–Crippen LogP) is 1.72. The number of hydrogen-bond acceptors (Lipinski definition) is 7. The summed E-state index contributed by atoms with van der Waals surface area (Å²) >= 11 is 1.12. The number of aryl methyl sites for hydroxylation is 1. The van der Waals surface area contributed by atoms with E-state index >= 15 is 0 Å². The van der Waals surface area contributed by atoms with Crippen LogP contribution >= 0.6 is 11.5 Å². The van der Waals surface area contributed by atoms with Crippen LogP contribution in [0.15, 0.2) is 24.3 Å². The van der Waals surface area contributed by atoms with Crippen LogP contribution in [0.2, 0.25) is 0 Å². The number of nitro groups is 1. The van der Waals surface area contributed by atoms with Crippen molar-refractivity contribution >= 4 is 28.8 Å². The number of amides is 1. The number of piperazine rings is 1. The van der Waals surface area contributed by atoms with Gasteiger partial charge in [-0.05, 0) is 30.6 Å². The van der Waals surface area contributed by atoms with Crippen LogP contribution in [0.5, 0.6) is 0 Å². The molecule has 2 aromatic rings. The zero-order valence-electron chi connectivity index (χ0n) is 12.5. The van der Waals surface area contributed by atoms with Crippen molar-refractivity contribution in [3.8, 4) is 0 Å². The molecule has 0 unspecified atom stereocenters. The molecule has 120 valence electrons. The second-order valence-electron chi connectivity index (χ2n) is 5.24. The molecule has 0 N–H and O–H groups in total. The van der Waals surface area contributed by atoms with Crippen LogP contribution < -0.4 is 4.90 Å². The molecule has 0 bridgehead atoms. The SMILES string of the molecule is Cc1nnsc1C(=O)N1CCN(c2ccc([N+](=O)[O-])cc2)CC1. The Hall–Kier alpha value is -2.55. The van der Waals surface area contributed by atoms with Crippen molar-refractivity contribution in [2.24, 2.45) is 0 Å². The number of aromatic nitrogens is 2. The van der Waals surface area contributed by atoms with Crippen LogP contribution in [0, 0.1) is 17.0 Å². The van der Waals surface area contributed by atoms with Crippen molar-refractivity contribution in [3.05, 3.63) is 45.0 Å². The Morgan fingerprint density at radius 3 is 2.39 bits per heavy atom. The molecule has 1 aliphatic rings. The van der Waals surface area contributed by atoms with Gasteiger partial charge in [0.25, 0.3) is 11.6 Å². The van der Waals surface area contributed by atoms with E-state index in [-0.39, 0.29) is 11.6 Å². The molecule has 1 aliphatic heterocycles. The van der Waals surface area contributed by atoms with Gasteiger partial charge in [-0.1, -0.05) is 4.49 Å². The van der Waals surface area contributed by atoms with E-state index in [4.69, 9.17) is 0 Å². The van der Waals surface area contributed by atoms with Crippen LogP contribution in [-0.2, 0) is 0 Å². The molecule has 2 heterocycles. The Kier molecular flexibility index (Phi) is 4.20. The van der Waals surface area contributed by atoms with Crippen LogP contribution in [-0.4, -0.2) is 51.5 Å². The van der Waals surface area contributed by atoms with Gasteiger partial charge in [0.1, 0.15) is 4.88 Å². The first-order valence-electron chi connectivity index (χ1n) is 7.14. The summed E-state index contributed by atoms with van der Waals surface area (Å²) in [7, 11) is 0. The standard InChI is InChI=1S/C14H15N5O3S/c1-10-13(23-16-15-10)14(20)18-8-6-17(7-9-18)11-2-4-12(5-3-11)19(21)22/h2-5H,6-9H2,1H3. The van der Waals surface area contributed by atoms with Gasteiger partial charge in [-0.15, -0.1) is 5.10 Å². The molecule has 0 radical (unpaired) electrons. The summed E-state index contributed by atoms with van der Waals surface area (Å²) in [5.74, 6) is -0.0270. The lowest BCUT2D eigenvalue weighted by atomic mass is 10.2. The van der Waals surface area contributed by atoms with E-state index in [1.165, 1.54) is 12.1 Å². The Morgan fingerprint density at radius 2 is 1.87 bits per heavy atom. The second-order valence-corrected chi connectivity index (χ2v) is 5.99. The number of carbonyl (C=O) groups excluding carboxylic acids is 1. The predicted molar refractivity (Wildman–Crippen MR) is 85.9 cm³/mol. The maximum Gasteiger partial charge on any atom is 0.269 e. The molecule has 0 saturated carbocycles. The van der Waals surface area contributed by atoms with Crippen molar-refractivity contribution < 1.29 is 9.72 Å². The minimum Gasteiger partial charge on any atom is -0.368 e. The fourth-order valence-electron chi connectivity index (χ4n) is 2.52. The third-order valence-electron chi connectivity index (χ3n) is 3.84. The zero-order chi connectivity index (χ0) is 16.4. The Balaban J connectivity index is 1.63. The van der Waals surface area contributed by atoms with Crippen LogP contribution in [0.4, 0.5) is 11.4 Å². The van der Waals surface area contributed by atoms with Gasteiger partial charge in [-0.2, -0.15) is 0 Å². The normalized spacial score (nSPS) is 14.8. The highest BCUT2D eigenvalue weighted by molar-refractivity contribution is 7.07. The first kappa shape index (κ1) is 15.3. The van der Waals surface area contributed by atoms with Crippen LogP contribution in [0.1, 0.15) is 15.4 Å².